The number of aryl methyl sites for hydroxylation is 1. The van der Waals surface area contributed by atoms with Crippen LogP contribution < -0.4 is 20.5 Å². The average Bonchev–Trinajstić information content (AvgIpc) is 3.47. The predicted molar refractivity (Wildman–Crippen MR) is 147 cm³/mol. The molecule has 2 aliphatic rings. The van der Waals surface area contributed by atoms with E-state index < -0.39 is 18.0 Å². The van der Waals surface area contributed by atoms with Crippen molar-refractivity contribution in [1.29, 1.82) is 0 Å². The fraction of sp³-hybridized carbons (Fsp3) is 0.464. The van der Waals surface area contributed by atoms with Crippen LogP contribution in [0, 0.1) is 6.92 Å². The Hall–Kier alpha value is -4.16. The van der Waals surface area contributed by atoms with Gasteiger partial charge in [-0.25, -0.2) is 4.79 Å². The Balaban J connectivity index is 1.47. The lowest BCUT2D eigenvalue weighted by Crippen LogP contribution is -2.48. The molecule has 13 heteroatoms. The van der Waals surface area contributed by atoms with Crippen LogP contribution in [0.1, 0.15) is 50.6 Å². The van der Waals surface area contributed by atoms with E-state index in [9.17, 15) is 27.6 Å². The normalized spacial score (nSPS) is 16.3. The number of pyridine rings is 1. The smallest absolute Gasteiger partial charge is 0.400 e. The molecule has 1 amide bonds. The highest BCUT2D eigenvalue weighted by Gasteiger charge is 2.42. The Morgan fingerprint density at radius 2 is 1.71 bits per heavy atom. The first-order chi connectivity index (χ1) is 19.5. The molecule has 2 aromatic heterocycles. The second-order valence-electron chi connectivity index (χ2n) is 10.3. The van der Waals surface area contributed by atoms with Crippen LogP contribution in [0.4, 0.5) is 30.5 Å². The van der Waals surface area contributed by atoms with Crippen molar-refractivity contribution in [3.05, 3.63) is 46.2 Å². The highest BCUT2D eigenvalue weighted by Crippen LogP contribution is 2.35. The topological polar surface area (TPSA) is 110 Å². The van der Waals surface area contributed by atoms with E-state index in [1.807, 2.05) is 24.0 Å². The molecule has 1 aliphatic heterocycles. The van der Waals surface area contributed by atoms with Crippen LogP contribution in [-0.2, 0) is 9.59 Å². The van der Waals surface area contributed by atoms with Gasteiger partial charge in [-0.1, -0.05) is 19.8 Å². The third-order valence-electron chi connectivity index (χ3n) is 7.59. The molecule has 2 fully saturated rings. The molecule has 3 heterocycles. The number of aromatic nitrogens is 3. The average molecular weight is 573 g/mol. The highest BCUT2D eigenvalue weighted by molar-refractivity contribution is 5.89. The summed E-state index contributed by atoms with van der Waals surface area (Å²) in [6, 6.07) is 8.43. The van der Waals surface area contributed by atoms with Crippen LogP contribution in [-0.4, -0.2) is 63.7 Å². The molecular formula is C28H31F3N6O4. The van der Waals surface area contributed by atoms with Gasteiger partial charge in [0.05, 0.1) is 5.39 Å². The van der Waals surface area contributed by atoms with Gasteiger partial charge in [0.15, 0.2) is 5.65 Å². The Labute approximate surface area is 234 Å². The van der Waals surface area contributed by atoms with E-state index in [4.69, 9.17) is 4.74 Å². The zero-order valence-electron chi connectivity index (χ0n) is 22.8. The van der Waals surface area contributed by atoms with Gasteiger partial charge in [-0.05, 0) is 49.6 Å². The van der Waals surface area contributed by atoms with Gasteiger partial charge in [0.2, 0.25) is 17.7 Å². The van der Waals surface area contributed by atoms with E-state index in [-0.39, 0.29) is 34.5 Å². The highest BCUT2D eigenvalue weighted by atomic mass is 19.4. The first-order valence-corrected chi connectivity index (χ1v) is 13.7. The van der Waals surface area contributed by atoms with Crippen LogP contribution in [0.3, 0.4) is 0 Å². The first-order valence-electron chi connectivity index (χ1n) is 13.7. The molecule has 10 nitrogen and oxygen atoms in total. The van der Waals surface area contributed by atoms with Crippen molar-refractivity contribution >= 4 is 40.2 Å². The number of alkyl halides is 3. The molecule has 1 saturated heterocycles. The number of nitrogens with zero attached hydrogens (tertiary/aromatic N) is 5. The number of ether oxygens (including phenoxy) is 1. The Morgan fingerprint density at radius 1 is 1.05 bits per heavy atom. The number of amides is 1. The van der Waals surface area contributed by atoms with E-state index >= 15 is 0 Å². The van der Waals surface area contributed by atoms with Gasteiger partial charge in [0, 0.05) is 56.1 Å². The molecule has 1 saturated carbocycles. The van der Waals surface area contributed by atoms with E-state index in [1.54, 1.807) is 19.1 Å². The summed E-state index contributed by atoms with van der Waals surface area (Å²) in [5.74, 6) is -2.96. The lowest BCUT2D eigenvalue weighted by molar-refractivity contribution is -0.189. The molecule has 0 radical (unpaired) electrons. The summed E-state index contributed by atoms with van der Waals surface area (Å²) < 4.78 is 45.6. The van der Waals surface area contributed by atoms with E-state index in [2.05, 4.69) is 20.2 Å². The number of fused-ring (bicyclic) bond motifs is 1. The number of piperazine rings is 1. The van der Waals surface area contributed by atoms with Crippen molar-refractivity contribution in [1.82, 2.24) is 19.4 Å². The van der Waals surface area contributed by atoms with Crippen molar-refractivity contribution in [2.45, 2.75) is 58.2 Å². The lowest BCUT2D eigenvalue weighted by Gasteiger charge is -2.36. The van der Waals surface area contributed by atoms with Gasteiger partial charge < -0.3 is 19.9 Å². The van der Waals surface area contributed by atoms with Gasteiger partial charge in [-0.15, -0.1) is 0 Å². The fourth-order valence-corrected chi connectivity index (χ4v) is 5.49. The van der Waals surface area contributed by atoms with Crippen molar-refractivity contribution in [3.8, 4) is 5.88 Å². The SMILES string of the molecule is CCC(=O)N1CCN(c2ccc(Nc3nc(OC(=O)C(F)(F)F)c4c(C)cc(=O)n(C5CCCC5)c4n3)cc2)CC1. The van der Waals surface area contributed by atoms with Crippen LogP contribution in [0.5, 0.6) is 5.88 Å². The third kappa shape index (κ3) is 5.98. The minimum absolute atomic E-state index is 0.0793. The second-order valence-corrected chi connectivity index (χ2v) is 10.3. The molecule has 41 heavy (non-hydrogen) atoms. The van der Waals surface area contributed by atoms with E-state index in [1.165, 1.54) is 10.6 Å². The zero-order valence-corrected chi connectivity index (χ0v) is 22.8. The minimum atomic E-state index is -5.23. The minimum Gasteiger partial charge on any atom is -0.400 e. The molecule has 0 spiro atoms. The molecule has 0 bridgehead atoms. The maximum absolute atomic E-state index is 13.1. The van der Waals surface area contributed by atoms with Gasteiger partial charge in [-0.2, -0.15) is 23.1 Å². The number of anilines is 3. The number of carbonyl (C=O) groups is 2. The molecule has 0 unspecified atom stereocenters. The van der Waals surface area contributed by atoms with Crippen molar-refractivity contribution in [2.24, 2.45) is 0 Å². The fourth-order valence-electron chi connectivity index (χ4n) is 5.49. The number of nitrogens with one attached hydrogen (secondary N) is 1. The summed E-state index contributed by atoms with van der Waals surface area (Å²) in [6.45, 7) is 6.05. The van der Waals surface area contributed by atoms with Crippen LogP contribution in [0.2, 0.25) is 0 Å². The molecular weight excluding hydrogens is 541 g/mol. The van der Waals surface area contributed by atoms with Gasteiger partial charge >= 0.3 is 12.1 Å². The molecule has 1 aromatic carbocycles. The van der Waals surface area contributed by atoms with Gasteiger partial charge in [0.1, 0.15) is 0 Å². The number of benzene rings is 1. The van der Waals surface area contributed by atoms with Crippen LogP contribution in [0.25, 0.3) is 11.0 Å². The summed E-state index contributed by atoms with van der Waals surface area (Å²) in [6.07, 6.45) is -1.48. The quantitative estimate of drug-likeness (QED) is 0.431. The largest absolute Gasteiger partial charge is 0.491 e. The molecule has 1 N–H and O–H groups in total. The molecule has 1 aliphatic carbocycles. The summed E-state index contributed by atoms with van der Waals surface area (Å²) in [5, 5.41) is 3.06. The lowest BCUT2D eigenvalue weighted by atomic mass is 10.1. The van der Waals surface area contributed by atoms with Crippen molar-refractivity contribution in [2.75, 3.05) is 36.4 Å². The summed E-state index contributed by atoms with van der Waals surface area (Å²) in [7, 11) is 0. The Morgan fingerprint density at radius 3 is 2.32 bits per heavy atom. The third-order valence-corrected chi connectivity index (χ3v) is 7.59. The van der Waals surface area contributed by atoms with Crippen LogP contribution in [0.15, 0.2) is 35.1 Å². The zero-order chi connectivity index (χ0) is 29.3. The van der Waals surface area contributed by atoms with Gasteiger partial charge in [-0.3, -0.25) is 14.2 Å². The standard InChI is InChI=1S/C28H31F3N6O4/c1-3-21(38)36-14-12-35(13-15-36)19-10-8-18(9-11-19)32-27-33-24-23(25(34-27)41-26(40)28(29,30)31)17(2)16-22(39)37(24)20-6-4-5-7-20/h8-11,16,20H,3-7,12-15H2,1-2H3,(H,32,33,34). The number of hydrogen-bond acceptors (Lipinski definition) is 8. The molecule has 3 aromatic rings. The van der Waals surface area contributed by atoms with E-state index in [0.29, 0.717) is 43.9 Å². The second kappa shape index (κ2) is 11.4. The number of rotatable bonds is 6. The number of halogens is 3. The maximum atomic E-state index is 13.1. The van der Waals surface area contributed by atoms with E-state index in [0.717, 1.165) is 31.4 Å². The van der Waals surface area contributed by atoms with Crippen LogP contribution >= 0.6 is 0 Å². The number of esters is 1. The summed E-state index contributed by atoms with van der Waals surface area (Å²) in [5.41, 5.74) is 1.58. The number of carbonyl (C=O) groups excluding carboxylic acids is 2. The van der Waals surface area contributed by atoms with Crippen molar-refractivity contribution in [3.63, 3.8) is 0 Å². The Kier molecular flexibility index (Phi) is 7.87. The maximum Gasteiger partial charge on any atom is 0.491 e. The first kappa shape index (κ1) is 28.4. The predicted octanol–water partition coefficient (Wildman–Crippen LogP) is 4.48. The van der Waals surface area contributed by atoms with Crippen molar-refractivity contribution < 1.29 is 27.5 Å². The molecule has 0 atom stereocenters. The molecule has 218 valence electrons. The summed E-state index contributed by atoms with van der Waals surface area (Å²) >= 11 is 0. The Bertz CT molecular complexity index is 1510. The summed E-state index contributed by atoms with van der Waals surface area (Å²) in [4.78, 5) is 49.5. The number of hydrogen-bond donors (Lipinski definition) is 1. The monoisotopic (exact) mass is 572 g/mol. The van der Waals surface area contributed by atoms with Gasteiger partial charge in [0.25, 0.3) is 5.56 Å². The molecule has 5 rings (SSSR count).